The molecule has 1 amide bonds. The van der Waals surface area contributed by atoms with Gasteiger partial charge in [0.2, 0.25) is 5.91 Å². The van der Waals surface area contributed by atoms with Crippen molar-refractivity contribution in [2.45, 2.75) is 26.4 Å². The van der Waals surface area contributed by atoms with Crippen LogP contribution >= 0.6 is 15.9 Å². The largest absolute Gasteiger partial charge is 0.486 e. The van der Waals surface area contributed by atoms with Gasteiger partial charge >= 0.3 is 0 Å². The molecule has 1 aromatic carbocycles. The van der Waals surface area contributed by atoms with E-state index in [0.29, 0.717) is 26.3 Å². The monoisotopic (exact) mass is 356 g/mol. The Hall–Kier alpha value is -1.27. The normalized spacial score (nSPS) is 13.6. The number of ether oxygens (including phenoxy) is 2. The molecule has 116 valence electrons. The maximum absolute atomic E-state index is 11.8. The minimum absolute atomic E-state index is 0.0289. The number of hydrogen-bond donors (Lipinski definition) is 1. The highest BCUT2D eigenvalue weighted by atomic mass is 79.9. The average Bonchev–Trinajstić information content (AvgIpc) is 2.38. The first kappa shape index (κ1) is 16.1. The van der Waals surface area contributed by atoms with Crippen molar-refractivity contribution >= 4 is 21.8 Å². The summed E-state index contributed by atoms with van der Waals surface area (Å²) in [5, 5.41) is 2.89. The Morgan fingerprint density at radius 3 is 2.57 bits per heavy atom. The molecule has 1 N–H and O–H groups in total. The number of likely N-dealkylation sites (N-methyl/N-ethyl adjacent to an activating group) is 1. The number of carbonyl (C=O) groups excluding carboxylic acids is 1. The molecule has 2 rings (SSSR count). The van der Waals surface area contributed by atoms with Crippen molar-refractivity contribution in [1.82, 2.24) is 10.2 Å². The topological polar surface area (TPSA) is 50.8 Å². The van der Waals surface area contributed by atoms with Crippen molar-refractivity contribution in [3.05, 3.63) is 22.2 Å². The SMILES string of the molecule is CC(C)NC(=O)CN(C)Cc1cc2c(cc1Br)OCCO2. The van der Waals surface area contributed by atoms with Gasteiger partial charge in [-0.1, -0.05) is 15.9 Å². The highest BCUT2D eigenvalue weighted by molar-refractivity contribution is 9.10. The molecule has 0 atom stereocenters. The number of nitrogens with zero attached hydrogens (tertiary/aromatic N) is 1. The number of hydrogen-bond acceptors (Lipinski definition) is 4. The minimum Gasteiger partial charge on any atom is -0.486 e. The van der Waals surface area contributed by atoms with Gasteiger partial charge in [-0.05, 0) is 38.6 Å². The fourth-order valence-corrected chi connectivity index (χ4v) is 2.63. The summed E-state index contributed by atoms with van der Waals surface area (Å²) in [6.45, 7) is 6.07. The van der Waals surface area contributed by atoms with E-state index in [4.69, 9.17) is 9.47 Å². The molecule has 21 heavy (non-hydrogen) atoms. The smallest absolute Gasteiger partial charge is 0.234 e. The van der Waals surface area contributed by atoms with Gasteiger partial charge in [0, 0.05) is 17.1 Å². The molecule has 0 bridgehead atoms. The third-order valence-electron chi connectivity index (χ3n) is 3.01. The van der Waals surface area contributed by atoms with Crippen molar-refractivity contribution in [3.8, 4) is 11.5 Å². The van der Waals surface area contributed by atoms with E-state index in [2.05, 4.69) is 21.2 Å². The number of fused-ring (bicyclic) bond motifs is 1. The average molecular weight is 357 g/mol. The molecular weight excluding hydrogens is 336 g/mol. The van der Waals surface area contributed by atoms with Crippen LogP contribution in [0.4, 0.5) is 0 Å². The van der Waals surface area contributed by atoms with Gasteiger partial charge in [0.15, 0.2) is 11.5 Å². The first-order valence-corrected chi connectivity index (χ1v) is 7.81. The second kappa shape index (κ2) is 7.13. The van der Waals surface area contributed by atoms with Crippen LogP contribution < -0.4 is 14.8 Å². The van der Waals surface area contributed by atoms with E-state index in [1.807, 2.05) is 37.9 Å². The van der Waals surface area contributed by atoms with E-state index in [1.165, 1.54) is 0 Å². The third-order valence-corrected chi connectivity index (χ3v) is 3.75. The van der Waals surface area contributed by atoms with E-state index in [0.717, 1.165) is 21.5 Å². The number of carbonyl (C=O) groups is 1. The van der Waals surface area contributed by atoms with Gasteiger partial charge in [-0.25, -0.2) is 0 Å². The highest BCUT2D eigenvalue weighted by Crippen LogP contribution is 2.35. The summed E-state index contributed by atoms with van der Waals surface area (Å²) < 4.78 is 12.1. The summed E-state index contributed by atoms with van der Waals surface area (Å²) in [5.74, 6) is 1.55. The molecule has 0 fully saturated rings. The van der Waals surface area contributed by atoms with Crippen LogP contribution in [0.1, 0.15) is 19.4 Å². The molecule has 0 unspecified atom stereocenters. The van der Waals surface area contributed by atoms with E-state index in [1.54, 1.807) is 0 Å². The molecule has 0 aromatic heterocycles. The van der Waals surface area contributed by atoms with Crippen molar-refractivity contribution in [2.75, 3.05) is 26.8 Å². The molecule has 0 radical (unpaired) electrons. The van der Waals surface area contributed by atoms with E-state index in [-0.39, 0.29) is 11.9 Å². The number of halogens is 1. The van der Waals surface area contributed by atoms with Crippen LogP contribution in [-0.2, 0) is 11.3 Å². The predicted molar refractivity (Wildman–Crippen MR) is 84.7 cm³/mol. The lowest BCUT2D eigenvalue weighted by Gasteiger charge is -2.22. The Bertz CT molecular complexity index is 520. The van der Waals surface area contributed by atoms with Gasteiger partial charge in [0.1, 0.15) is 13.2 Å². The van der Waals surface area contributed by atoms with E-state index < -0.39 is 0 Å². The molecule has 6 heteroatoms. The van der Waals surface area contributed by atoms with Crippen molar-refractivity contribution < 1.29 is 14.3 Å². The maximum Gasteiger partial charge on any atom is 0.234 e. The molecule has 1 aliphatic rings. The third kappa shape index (κ3) is 4.61. The van der Waals surface area contributed by atoms with Crippen LogP contribution in [0.25, 0.3) is 0 Å². The second-order valence-electron chi connectivity index (χ2n) is 5.48. The number of nitrogens with one attached hydrogen (secondary N) is 1. The van der Waals surface area contributed by atoms with Crippen LogP contribution in [0, 0.1) is 0 Å². The Kier molecular flexibility index (Phi) is 5.47. The lowest BCUT2D eigenvalue weighted by Crippen LogP contribution is -2.38. The lowest BCUT2D eigenvalue weighted by molar-refractivity contribution is -0.122. The second-order valence-corrected chi connectivity index (χ2v) is 6.34. The number of rotatable bonds is 5. The number of benzene rings is 1. The Labute approximate surface area is 133 Å². The summed E-state index contributed by atoms with van der Waals surface area (Å²) >= 11 is 3.55. The van der Waals surface area contributed by atoms with Crippen molar-refractivity contribution in [3.63, 3.8) is 0 Å². The first-order chi connectivity index (χ1) is 9.95. The van der Waals surface area contributed by atoms with Crippen molar-refractivity contribution in [1.29, 1.82) is 0 Å². The van der Waals surface area contributed by atoms with Gasteiger partial charge in [-0.2, -0.15) is 0 Å². The molecular formula is C15H21BrN2O3. The van der Waals surface area contributed by atoms with Crippen LogP contribution in [0.5, 0.6) is 11.5 Å². The van der Waals surface area contributed by atoms with E-state index in [9.17, 15) is 4.79 Å². The molecule has 5 nitrogen and oxygen atoms in total. The zero-order valence-electron chi connectivity index (χ0n) is 12.6. The Morgan fingerprint density at radius 2 is 1.95 bits per heavy atom. The summed E-state index contributed by atoms with van der Waals surface area (Å²) in [5.41, 5.74) is 1.07. The summed E-state index contributed by atoms with van der Waals surface area (Å²) in [7, 11) is 1.92. The molecule has 0 saturated heterocycles. The van der Waals surface area contributed by atoms with Crippen molar-refractivity contribution in [2.24, 2.45) is 0 Å². The molecule has 1 heterocycles. The molecule has 0 aliphatic carbocycles. The van der Waals surface area contributed by atoms with Crippen LogP contribution in [-0.4, -0.2) is 43.7 Å². The molecule has 0 saturated carbocycles. The van der Waals surface area contributed by atoms with Gasteiger partial charge in [-0.3, -0.25) is 9.69 Å². The summed E-state index contributed by atoms with van der Waals surface area (Å²) in [6, 6.07) is 4.05. The Balaban J connectivity index is 2.00. The summed E-state index contributed by atoms with van der Waals surface area (Å²) in [6.07, 6.45) is 0. The lowest BCUT2D eigenvalue weighted by atomic mass is 10.2. The Morgan fingerprint density at radius 1 is 1.33 bits per heavy atom. The van der Waals surface area contributed by atoms with Gasteiger partial charge < -0.3 is 14.8 Å². The van der Waals surface area contributed by atoms with Crippen LogP contribution in [0.3, 0.4) is 0 Å². The summed E-state index contributed by atoms with van der Waals surface area (Å²) in [4.78, 5) is 13.7. The number of amides is 1. The zero-order valence-corrected chi connectivity index (χ0v) is 14.2. The van der Waals surface area contributed by atoms with Crippen LogP contribution in [0.15, 0.2) is 16.6 Å². The predicted octanol–water partition coefficient (Wildman–Crippen LogP) is 2.18. The van der Waals surface area contributed by atoms with Gasteiger partial charge in [-0.15, -0.1) is 0 Å². The molecule has 1 aliphatic heterocycles. The van der Waals surface area contributed by atoms with Crippen LogP contribution in [0.2, 0.25) is 0 Å². The van der Waals surface area contributed by atoms with Gasteiger partial charge in [0.25, 0.3) is 0 Å². The first-order valence-electron chi connectivity index (χ1n) is 7.01. The minimum atomic E-state index is 0.0289. The van der Waals surface area contributed by atoms with Gasteiger partial charge in [0.05, 0.1) is 6.54 Å². The maximum atomic E-state index is 11.8. The quantitative estimate of drug-likeness (QED) is 0.878. The zero-order chi connectivity index (χ0) is 15.4. The molecule has 1 aromatic rings. The molecule has 0 spiro atoms. The highest BCUT2D eigenvalue weighted by Gasteiger charge is 2.16. The fourth-order valence-electron chi connectivity index (χ4n) is 2.19. The van der Waals surface area contributed by atoms with E-state index >= 15 is 0 Å². The standard InChI is InChI=1S/C15H21BrN2O3/c1-10(2)17-15(19)9-18(3)8-11-6-13-14(7-12(11)16)21-5-4-20-13/h6-7,10H,4-5,8-9H2,1-3H3,(H,17,19). The fraction of sp³-hybridized carbons (Fsp3) is 0.533.